The second kappa shape index (κ2) is 8.25. The van der Waals surface area contributed by atoms with Gasteiger partial charge in [0.05, 0.1) is 7.11 Å². The number of benzene rings is 2. The molecule has 1 amide bonds. The Kier molecular flexibility index (Phi) is 5.37. The van der Waals surface area contributed by atoms with Crippen molar-refractivity contribution in [3.8, 4) is 17.1 Å². The molecule has 1 aromatic heterocycles. The molecule has 1 atom stereocenters. The monoisotopic (exact) mass is 377 g/mol. The van der Waals surface area contributed by atoms with E-state index in [0.29, 0.717) is 18.1 Å². The van der Waals surface area contributed by atoms with E-state index in [4.69, 9.17) is 9.26 Å². The largest absolute Gasteiger partial charge is 0.497 e. The number of carbonyl (C=O) groups is 1. The first-order chi connectivity index (χ1) is 13.7. The van der Waals surface area contributed by atoms with Gasteiger partial charge < -0.3 is 14.2 Å². The summed E-state index contributed by atoms with van der Waals surface area (Å²) in [5, 5.41) is 4.11. The molecule has 6 heteroatoms. The van der Waals surface area contributed by atoms with E-state index < -0.39 is 0 Å². The van der Waals surface area contributed by atoms with Crippen molar-refractivity contribution in [3.05, 3.63) is 66.1 Å². The molecule has 1 unspecified atom stereocenters. The van der Waals surface area contributed by atoms with Crippen LogP contribution in [0.3, 0.4) is 0 Å². The van der Waals surface area contributed by atoms with E-state index >= 15 is 0 Å². The topological polar surface area (TPSA) is 68.5 Å². The van der Waals surface area contributed by atoms with E-state index in [1.807, 2.05) is 59.5 Å². The summed E-state index contributed by atoms with van der Waals surface area (Å²) in [5.74, 6) is 1.88. The highest BCUT2D eigenvalue weighted by atomic mass is 16.5. The Labute approximate surface area is 164 Å². The Morgan fingerprint density at radius 2 is 2.07 bits per heavy atom. The number of aryl methyl sites for hydroxylation is 1. The second-order valence-electron chi connectivity index (χ2n) is 6.92. The highest BCUT2D eigenvalue weighted by molar-refractivity contribution is 5.77. The van der Waals surface area contributed by atoms with Crippen molar-refractivity contribution in [2.24, 2.45) is 0 Å². The van der Waals surface area contributed by atoms with E-state index in [9.17, 15) is 4.79 Å². The number of aromatic nitrogens is 2. The smallest absolute Gasteiger partial charge is 0.249 e. The molecule has 0 N–H and O–H groups in total. The first kappa shape index (κ1) is 18.2. The number of nitrogens with zero attached hydrogens (tertiary/aromatic N) is 3. The van der Waals surface area contributed by atoms with Gasteiger partial charge in [0.2, 0.25) is 17.6 Å². The number of rotatable bonds is 6. The summed E-state index contributed by atoms with van der Waals surface area (Å²) in [6, 6.07) is 17.5. The van der Waals surface area contributed by atoms with Gasteiger partial charge in [-0.1, -0.05) is 47.6 Å². The Morgan fingerprint density at radius 1 is 1.21 bits per heavy atom. The molecule has 0 aliphatic carbocycles. The molecule has 144 valence electrons. The van der Waals surface area contributed by atoms with Crippen LogP contribution in [0.4, 0.5) is 0 Å². The maximum absolute atomic E-state index is 12.8. The average molecular weight is 377 g/mol. The van der Waals surface area contributed by atoms with Crippen LogP contribution in [0.5, 0.6) is 5.75 Å². The average Bonchev–Trinajstić information content (AvgIpc) is 3.42. The third kappa shape index (κ3) is 3.91. The van der Waals surface area contributed by atoms with Gasteiger partial charge in [0.1, 0.15) is 11.8 Å². The maximum Gasteiger partial charge on any atom is 0.249 e. The van der Waals surface area contributed by atoms with E-state index in [-0.39, 0.29) is 11.9 Å². The van der Waals surface area contributed by atoms with Gasteiger partial charge in [0.15, 0.2) is 0 Å². The number of amides is 1. The van der Waals surface area contributed by atoms with Crippen molar-refractivity contribution in [2.75, 3.05) is 13.7 Å². The van der Waals surface area contributed by atoms with Crippen LogP contribution in [-0.2, 0) is 11.2 Å². The number of likely N-dealkylation sites (tertiary alicyclic amines) is 1. The van der Waals surface area contributed by atoms with Crippen LogP contribution in [0.1, 0.15) is 36.8 Å². The van der Waals surface area contributed by atoms with Crippen molar-refractivity contribution >= 4 is 5.91 Å². The lowest BCUT2D eigenvalue weighted by Gasteiger charge is -2.21. The van der Waals surface area contributed by atoms with Gasteiger partial charge in [0, 0.05) is 18.5 Å². The van der Waals surface area contributed by atoms with E-state index in [1.165, 1.54) is 5.56 Å². The van der Waals surface area contributed by atoms with Crippen LogP contribution in [0, 0.1) is 0 Å². The molecule has 0 saturated carbocycles. The molecule has 4 rings (SSSR count). The maximum atomic E-state index is 12.8. The lowest BCUT2D eigenvalue weighted by molar-refractivity contribution is -0.132. The zero-order chi connectivity index (χ0) is 19.3. The van der Waals surface area contributed by atoms with Crippen LogP contribution < -0.4 is 4.74 Å². The van der Waals surface area contributed by atoms with Crippen LogP contribution >= 0.6 is 0 Å². The Bertz CT molecular complexity index is 939. The number of carbonyl (C=O) groups excluding carboxylic acids is 1. The first-order valence-electron chi connectivity index (χ1n) is 9.56. The van der Waals surface area contributed by atoms with Gasteiger partial charge in [-0.05, 0) is 37.0 Å². The van der Waals surface area contributed by atoms with Crippen molar-refractivity contribution in [1.29, 1.82) is 0 Å². The van der Waals surface area contributed by atoms with Gasteiger partial charge >= 0.3 is 0 Å². The van der Waals surface area contributed by atoms with Crippen LogP contribution in [-0.4, -0.2) is 34.6 Å². The molecule has 2 aromatic carbocycles. The molecule has 3 aromatic rings. The van der Waals surface area contributed by atoms with Gasteiger partial charge in [-0.3, -0.25) is 4.79 Å². The second-order valence-corrected chi connectivity index (χ2v) is 6.92. The molecule has 1 saturated heterocycles. The van der Waals surface area contributed by atoms with Crippen molar-refractivity contribution in [1.82, 2.24) is 15.0 Å². The minimum absolute atomic E-state index is 0.132. The lowest BCUT2D eigenvalue weighted by Crippen LogP contribution is -2.30. The predicted molar refractivity (Wildman–Crippen MR) is 105 cm³/mol. The van der Waals surface area contributed by atoms with Crippen molar-refractivity contribution in [2.45, 2.75) is 31.7 Å². The van der Waals surface area contributed by atoms with Crippen LogP contribution in [0.15, 0.2) is 59.1 Å². The Morgan fingerprint density at radius 3 is 2.89 bits per heavy atom. The highest BCUT2D eigenvalue weighted by Crippen LogP contribution is 2.33. The van der Waals surface area contributed by atoms with E-state index in [0.717, 1.165) is 37.1 Å². The third-order valence-corrected chi connectivity index (χ3v) is 5.10. The molecule has 2 heterocycles. The fraction of sp³-hybridized carbons (Fsp3) is 0.318. The summed E-state index contributed by atoms with van der Waals surface area (Å²) in [5.41, 5.74) is 2.00. The van der Waals surface area contributed by atoms with Crippen LogP contribution in [0.25, 0.3) is 11.4 Å². The quantitative estimate of drug-likeness (QED) is 0.648. The molecular weight excluding hydrogens is 354 g/mol. The summed E-state index contributed by atoms with van der Waals surface area (Å²) in [6.07, 6.45) is 3.01. The lowest BCUT2D eigenvalue weighted by atomic mass is 10.1. The van der Waals surface area contributed by atoms with Gasteiger partial charge in [0.25, 0.3) is 0 Å². The van der Waals surface area contributed by atoms with Crippen molar-refractivity contribution in [3.63, 3.8) is 0 Å². The molecule has 1 aliphatic heterocycles. The number of hydrogen-bond acceptors (Lipinski definition) is 5. The molecule has 0 radical (unpaired) electrons. The number of methoxy groups -OCH3 is 1. The highest BCUT2D eigenvalue weighted by Gasteiger charge is 2.33. The Hall–Kier alpha value is -3.15. The Balaban J connectivity index is 1.46. The summed E-state index contributed by atoms with van der Waals surface area (Å²) in [4.78, 5) is 19.2. The molecule has 0 bridgehead atoms. The normalized spacial score (nSPS) is 16.3. The minimum Gasteiger partial charge on any atom is -0.497 e. The van der Waals surface area contributed by atoms with Gasteiger partial charge in [-0.25, -0.2) is 0 Å². The minimum atomic E-state index is -0.143. The zero-order valence-corrected chi connectivity index (χ0v) is 15.9. The fourth-order valence-electron chi connectivity index (χ4n) is 3.61. The van der Waals surface area contributed by atoms with E-state index in [1.54, 1.807) is 7.11 Å². The zero-order valence-electron chi connectivity index (χ0n) is 15.9. The third-order valence-electron chi connectivity index (χ3n) is 5.10. The summed E-state index contributed by atoms with van der Waals surface area (Å²) < 4.78 is 10.8. The molecule has 28 heavy (non-hydrogen) atoms. The molecular formula is C22H23N3O3. The number of ether oxygens (including phenoxy) is 1. The summed E-state index contributed by atoms with van der Waals surface area (Å²) >= 11 is 0. The van der Waals surface area contributed by atoms with Gasteiger partial charge in [-0.2, -0.15) is 4.98 Å². The molecule has 1 fully saturated rings. The molecule has 1 aliphatic rings. The summed E-state index contributed by atoms with van der Waals surface area (Å²) in [7, 11) is 1.62. The molecule has 6 nitrogen and oxygen atoms in total. The predicted octanol–water partition coefficient (Wildman–Crippen LogP) is 4.04. The standard InChI is InChI=1S/C22H23N3O3/c1-27-18-10-5-9-17(15-18)21-23-22(28-24-21)19-11-6-14-25(19)20(26)13-12-16-7-3-2-4-8-16/h2-5,7-10,15,19H,6,11-14H2,1H3. The van der Waals surface area contributed by atoms with Crippen LogP contribution in [0.2, 0.25) is 0 Å². The molecule has 0 spiro atoms. The first-order valence-corrected chi connectivity index (χ1v) is 9.56. The van der Waals surface area contributed by atoms with Gasteiger partial charge in [-0.15, -0.1) is 0 Å². The van der Waals surface area contributed by atoms with Crippen molar-refractivity contribution < 1.29 is 14.1 Å². The fourth-order valence-corrected chi connectivity index (χ4v) is 3.61. The summed E-state index contributed by atoms with van der Waals surface area (Å²) in [6.45, 7) is 0.731. The van der Waals surface area contributed by atoms with E-state index in [2.05, 4.69) is 10.1 Å². The SMILES string of the molecule is COc1cccc(-c2noc(C3CCCN3C(=O)CCc3ccccc3)n2)c1. The number of hydrogen-bond donors (Lipinski definition) is 0.